The Kier molecular flexibility index (Phi) is 7.48. The summed E-state index contributed by atoms with van der Waals surface area (Å²) in [6, 6.07) is 19.9. The Balaban J connectivity index is 1.57. The number of ether oxygens (including phenoxy) is 2. The standard InChI is InChI=1S/C28H31FN2O3/c1-20-5-4-6-21(17-20)19-30-15-13-24(14-16-30)31(28(32)22-7-9-23(29)10-8-22)25-11-12-26(33-2)27(18-25)34-3/h4-12,17-18,24H,13-16,19H2,1-3H3. The fourth-order valence-corrected chi connectivity index (χ4v) is 4.60. The Morgan fingerprint density at radius 1 is 0.971 bits per heavy atom. The maximum absolute atomic E-state index is 13.6. The van der Waals surface area contributed by atoms with E-state index >= 15 is 0 Å². The molecule has 0 saturated carbocycles. The van der Waals surface area contributed by atoms with Crippen LogP contribution in [0.25, 0.3) is 0 Å². The number of carbonyl (C=O) groups is 1. The van der Waals surface area contributed by atoms with Crippen molar-refractivity contribution in [2.75, 3.05) is 32.2 Å². The summed E-state index contributed by atoms with van der Waals surface area (Å²) in [5.41, 5.74) is 3.76. The lowest BCUT2D eigenvalue weighted by atomic mass is 9.99. The molecular weight excluding hydrogens is 431 g/mol. The zero-order valence-corrected chi connectivity index (χ0v) is 20.0. The van der Waals surface area contributed by atoms with Crippen LogP contribution in [-0.4, -0.2) is 44.2 Å². The summed E-state index contributed by atoms with van der Waals surface area (Å²) in [6.45, 7) is 4.78. The molecule has 0 aromatic heterocycles. The summed E-state index contributed by atoms with van der Waals surface area (Å²) >= 11 is 0. The molecule has 34 heavy (non-hydrogen) atoms. The first-order valence-electron chi connectivity index (χ1n) is 11.6. The largest absolute Gasteiger partial charge is 0.493 e. The first-order chi connectivity index (χ1) is 16.5. The molecule has 0 atom stereocenters. The minimum Gasteiger partial charge on any atom is -0.493 e. The Hall–Kier alpha value is -3.38. The molecule has 1 heterocycles. The molecule has 6 heteroatoms. The van der Waals surface area contributed by atoms with Crippen LogP contribution in [0.1, 0.15) is 34.3 Å². The third-order valence-electron chi connectivity index (χ3n) is 6.37. The fourth-order valence-electron chi connectivity index (χ4n) is 4.60. The van der Waals surface area contributed by atoms with Gasteiger partial charge in [-0.2, -0.15) is 0 Å². The number of nitrogens with zero attached hydrogens (tertiary/aromatic N) is 2. The van der Waals surface area contributed by atoms with E-state index in [0.717, 1.165) is 38.2 Å². The number of carbonyl (C=O) groups excluding carboxylic acids is 1. The molecule has 1 aliphatic rings. The van der Waals surface area contributed by atoms with Gasteiger partial charge < -0.3 is 14.4 Å². The van der Waals surface area contributed by atoms with Gasteiger partial charge in [-0.25, -0.2) is 4.39 Å². The zero-order valence-electron chi connectivity index (χ0n) is 20.0. The second kappa shape index (κ2) is 10.7. The van der Waals surface area contributed by atoms with Gasteiger partial charge in [-0.15, -0.1) is 0 Å². The van der Waals surface area contributed by atoms with E-state index < -0.39 is 0 Å². The molecule has 0 bridgehead atoms. The van der Waals surface area contributed by atoms with Crippen LogP contribution in [-0.2, 0) is 6.54 Å². The number of likely N-dealkylation sites (tertiary alicyclic amines) is 1. The molecule has 1 aliphatic heterocycles. The number of aryl methyl sites for hydroxylation is 1. The quantitative estimate of drug-likeness (QED) is 0.467. The predicted octanol–water partition coefficient (Wildman–Crippen LogP) is 5.46. The topological polar surface area (TPSA) is 42.0 Å². The van der Waals surface area contributed by atoms with Crippen molar-refractivity contribution < 1.29 is 18.7 Å². The first kappa shape index (κ1) is 23.8. The number of hydrogen-bond donors (Lipinski definition) is 0. The Morgan fingerprint density at radius 3 is 2.32 bits per heavy atom. The van der Waals surface area contributed by atoms with Crippen molar-refractivity contribution >= 4 is 11.6 Å². The van der Waals surface area contributed by atoms with Gasteiger partial charge in [0.25, 0.3) is 5.91 Å². The fraction of sp³-hybridized carbons (Fsp3) is 0.321. The van der Waals surface area contributed by atoms with Gasteiger partial charge in [0.2, 0.25) is 0 Å². The number of rotatable bonds is 7. The second-order valence-corrected chi connectivity index (χ2v) is 8.72. The second-order valence-electron chi connectivity index (χ2n) is 8.72. The van der Waals surface area contributed by atoms with Crippen molar-refractivity contribution in [1.29, 1.82) is 0 Å². The summed E-state index contributed by atoms with van der Waals surface area (Å²) in [7, 11) is 3.17. The van der Waals surface area contributed by atoms with Crippen LogP contribution in [0.15, 0.2) is 66.7 Å². The maximum Gasteiger partial charge on any atom is 0.258 e. The van der Waals surface area contributed by atoms with Gasteiger partial charge in [-0.05, 0) is 61.7 Å². The molecule has 0 unspecified atom stereocenters. The van der Waals surface area contributed by atoms with Gasteiger partial charge in [0.15, 0.2) is 11.5 Å². The van der Waals surface area contributed by atoms with Crippen molar-refractivity contribution in [2.45, 2.75) is 32.4 Å². The number of halogens is 1. The van der Waals surface area contributed by atoms with E-state index in [1.807, 2.05) is 23.1 Å². The van der Waals surface area contributed by atoms with E-state index in [2.05, 4.69) is 36.1 Å². The van der Waals surface area contributed by atoms with Crippen LogP contribution in [0, 0.1) is 12.7 Å². The van der Waals surface area contributed by atoms with Crippen LogP contribution in [0.5, 0.6) is 11.5 Å². The summed E-state index contributed by atoms with van der Waals surface area (Å²) in [5.74, 6) is 0.658. The average molecular weight is 463 g/mol. The normalized spacial score (nSPS) is 14.6. The maximum atomic E-state index is 13.6. The number of benzene rings is 3. The SMILES string of the molecule is COc1ccc(N(C(=O)c2ccc(F)cc2)C2CCN(Cc3cccc(C)c3)CC2)cc1OC. The van der Waals surface area contributed by atoms with E-state index in [-0.39, 0.29) is 17.8 Å². The zero-order chi connectivity index (χ0) is 24.1. The van der Waals surface area contributed by atoms with Gasteiger partial charge >= 0.3 is 0 Å². The molecule has 3 aromatic carbocycles. The van der Waals surface area contributed by atoms with Crippen LogP contribution in [0.4, 0.5) is 10.1 Å². The molecule has 1 saturated heterocycles. The summed E-state index contributed by atoms with van der Waals surface area (Å²) in [5, 5.41) is 0. The molecule has 5 nitrogen and oxygen atoms in total. The predicted molar refractivity (Wildman–Crippen MR) is 132 cm³/mol. The molecule has 1 fully saturated rings. The smallest absolute Gasteiger partial charge is 0.258 e. The minimum absolute atomic E-state index is 0.0180. The van der Waals surface area contributed by atoms with Gasteiger partial charge in [0.1, 0.15) is 5.82 Å². The molecule has 0 N–H and O–H groups in total. The summed E-state index contributed by atoms with van der Waals surface area (Å²) in [6.07, 6.45) is 1.68. The lowest BCUT2D eigenvalue weighted by Crippen LogP contribution is -2.47. The van der Waals surface area contributed by atoms with E-state index in [1.54, 1.807) is 14.2 Å². The monoisotopic (exact) mass is 462 g/mol. The highest BCUT2D eigenvalue weighted by molar-refractivity contribution is 6.06. The van der Waals surface area contributed by atoms with Gasteiger partial charge in [0.05, 0.1) is 14.2 Å². The first-order valence-corrected chi connectivity index (χ1v) is 11.6. The van der Waals surface area contributed by atoms with Crippen molar-refractivity contribution in [3.63, 3.8) is 0 Å². The Morgan fingerprint density at radius 2 is 1.68 bits per heavy atom. The van der Waals surface area contributed by atoms with Gasteiger partial charge in [0, 0.05) is 43.0 Å². The van der Waals surface area contributed by atoms with E-state index in [0.29, 0.717) is 17.1 Å². The highest BCUT2D eigenvalue weighted by atomic mass is 19.1. The average Bonchev–Trinajstić information content (AvgIpc) is 2.85. The number of amides is 1. The van der Waals surface area contributed by atoms with Crippen LogP contribution < -0.4 is 14.4 Å². The lowest BCUT2D eigenvalue weighted by molar-refractivity contribution is 0.0958. The van der Waals surface area contributed by atoms with Gasteiger partial charge in [-0.1, -0.05) is 29.8 Å². The van der Waals surface area contributed by atoms with E-state index in [9.17, 15) is 9.18 Å². The van der Waals surface area contributed by atoms with Crippen molar-refractivity contribution in [3.05, 3.63) is 89.2 Å². The van der Waals surface area contributed by atoms with E-state index in [1.165, 1.54) is 35.4 Å². The molecule has 0 aliphatic carbocycles. The minimum atomic E-state index is -0.362. The molecule has 0 radical (unpaired) electrons. The highest BCUT2D eigenvalue weighted by Crippen LogP contribution is 2.34. The molecule has 178 valence electrons. The van der Waals surface area contributed by atoms with Crippen molar-refractivity contribution in [1.82, 2.24) is 4.90 Å². The molecular formula is C28H31FN2O3. The number of hydrogen-bond acceptors (Lipinski definition) is 4. The number of piperidine rings is 1. The summed E-state index contributed by atoms with van der Waals surface area (Å²) in [4.78, 5) is 17.9. The Labute approximate surface area is 200 Å². The van der Waals surface area contributed by atoms with Crippen LogP contribution in [0.3, 0.4) is 0 Å². The third-order valence-corrected chi connectivity index (χ3v) is 6.37. The summed E-state index contributed by atoms with van der Waals surface area (Å²) < 4.78 is 24.4. The number of methoxy groups -OCH3 is 2. The van der Waals surface area contributed by atoms with Crippen molar-refractivity contribution in [3.8, 4) is 11.5 Å². The van der Waals surface area contributed by atoms with Crippen LogP contribution >= 0.6 is 0 Å². The Bertz CT molecular complexity index is 1120. The lowest BCUT2D eigenvalue weighted by Gasteiger charge is -2.39. The van der Waals surface area contributed by atoms with E-state index in [4.69, 9.17) is 9.47 Å². The number of anilines is 1. The van der Waals surface area contributed by atoms with Crippen molar-refractivity contribution in [2.24, 2.45) is 0 Å². The molecule has 3 aromatic rings. The molecule has 4 rings (SSSR count). The van der Waals surface area contributed by atoms with Gasteiger partial charge in [-0.3, -0.25) is 9.69 Å². The molecule has 1 amide bonds. The van der Waals surface area contributed by atoms with Crippen LogP contribution in [0.2, 0.25) is 0 Å². The molecule has 0 spiro atoms. The third kappa shape index (κ3) is 5.39. The highest BCUT2D eigenvalue weighted by Gasteiger charge is 2.30.